The monoisotopic (exact) mass is 430 g/mol. The number of benzene rings is 2. The molecule has 28 heavy (non-hydrogen) atoms. The predicted octanol–water partition coefficient (Wildman–Crippen LogP) is 3.06. The van der Waals surface area contributed by atoms with E-state index in [-0.39, 0.29) is 31.6 Å². The van der Waals surface area contributed by atoms with Gasteiger partial charge in [-0.25, -0.2) is 13.5 Å². The number of aryl methyl sites for hydroxylation is 1. The lowest BCUT2D eigenvalue weighted by Crippen LogP contribution is -2.38. The molecule has 1 atom stereocenters. The van der Waals surface area contributed by atoms with E-state index < -0.39 is 25.0 Å². The molecule has 1 amide bonds. The molecule has 4 N–H and O–H groups in total. The number of aliphatic hydroxyl groups excluding tert-OH is 1. The number of fused-ring (bicyclic) bond motifs is 1. The van der Waals surface area contributed by atoms with E-state index in [2.05, 4.69) is 10.4 Å². The van der Waals surface area contributed by atoms with Crippen molar-refractivity contribution < 1.29 is 18.7 Å². The molecule has 0 aliphatic rings. The number of nitrogens with two attached hydrogens (primary N) is 1. The molecule has 2 aromatic carbocycles. The van der Waals surface area contributed by atoms with E-state index in [4.69, 9.17) is 10.8 Å². The number of aromatic nitrogens is 2. The third kappa shape index (κ3) is 4.79. The Morgan fingerprint density at radius 3 is 2.61 bits per heavy atom. The summed E-state index contributed by atoms with van der Waals surface area (Å²) in [6.07, 6.45) is -2.73. The number of carbonyl (C=O) groups excluding carboxylic acids is 1. The van der Waals surface area contributed by atoms with Gasteiger partial charge in [-0.05, 0) is 42.8 Å². The molecule has 0 fully saturated rings. The molecule has 0 saturated carbocycles. The van der Waals surface area contributed by atoms with Crippen molar-refractivity contribution in [2.75, 3.05) is 11.9 Å². The Kier molecular flexibility index (Phi) is 8.37. The number of anilines is 1. The van der Waals surface area contributed by atoms with Crippen molar-refractivity contribution in [2.24, 2.45) is 5.73 Å². The number of halogens is 3. The highest BCUT2D eigenvalue weighted by molar-refractivity contribution is 7.59. The summed E-state index contributed by atoms with van der Waals surface area (Å²) in [5.74, 6) is -0.567. The van der Waals surface area contributed by atoms with Crippen LogP contribution in [0.1, 0.15) is 17.7 Å². The van der Waals surface area contributed by atoms with E-state index in [1.807, 2.05) is 25.1 Å². The third-order valence-corrected chi connectivity index (χ3v) is 3.96. The fourth-order valence-corrected chi connectivity index (χ4v) is 2.65. The van der Waals surface area contributed by atoms with Gasteiger partial charge in [-0.1, -0.05) is 12.1 Å². The summed E-state index contributed by atoms with van der Waals surface area (Å²) in [4.78, 5) is 11.9. The summed E-state index contributed by atoms with van der Waals surface area (Å²) in [5, 5.41) is 15.9. The average molecular weight is 431 g/mol. The lowest BCUT2D eigenvalue weighted by atomic mass is 10.1. The van der Waals surface area contributed by atoms with Crippen LogP contribution >= 0.6 is 25.9 Å². The van der Waals surface area contributed by atoms with E-state index in [0.717, 1.165) is 5.56 Å². The van der Waals surface area contributed by atoms with Gasteiger partial charge in [-0.3, -0.25) is 4.79 Å². The maximum absolute atomic E-state index is 13.4. The van der Waals surface area contributed by atoms with Crippen molar-refractivity contribution in [3.05, 3.63) is 53.7 Å². The van der Waals surface area contributed by atoms with Crippen LogP contribution in [0.4, 0.5) is 14.5 Å². The van der Waals surface area contributed by atoms with E-state index in [0.29, 0.717) is 22.3 Å². The van der Waals surface area contributed by atoms with Gasteiger partial charge in [0, 0.05) is 11.1 Å². The first kappa shape index (κ1) is 23.8. The van der Waals surface area contributed by atoms with Crippen molar-refractivity contribution in [3.8, 4) is 5.69 Å². The Bertz CT molecular complexity index is 968. The first-order chi connectivity index (χ1) is 12.4. The SMILES string of the molecule is Cc1cccc(-n2nc(C(F)F)c3ccc(NC(=O)[C@@H](N)CO)cc32)c1.Cl.S. The number of nitrogens with zero attached hydrogens (tertiary/aromatic N) is 2. The van der Waals surface area contributed by atoms with E-state index >= 15 is 0 Å². The summed E-state index contributed by atoms with van der Waals surface area (Å²) in [6, 6.07) is 10.8. The summed E-state index contributed by atoms with van der Waals surface area (Å²) in [6.45, 7) is 1.40. The molecular weight excluding hydrogens is 410 g/mol. The molecule has 3 aromatic rings. The lowest BCUT2D eigenvalue weighted by Gasteiger charge is -2.10. The van der Waals surface area contributed by atoms with Gasteiger partial charge >= 0.3 is 0 Å². The van der Waals surface area contributed by atoms with Crippen LogP contribution in [-0.4, -0.2) is 33.4 Å². The van der Waals surface area contributed by atoms with Crippen LogP contribution in [0.25, 0.3) is 16.6 Å². The molecule has 0 aliphatic heterocycles. The largest absolute Gasteiger partial charge is 0.394 e. The Hall–Kier alpha value is -2.20. The van der Waals surface area contributed by atoms with Gasteiger partial charge in [0.1, 0.15) is 11.7 Å². The number of carbonyl (C=O) groups is 1. The summed E-state index contributed by atoms with van der Waals surface area (Å²) in [7, 11) is 0. The van der Waals surface area contributed by atoms with Gasteiger partial charge in [-0.15, -0.1) is 12.4 Å². The van der Waals surface area contributed by atoms with Crippen molar-refractivity contribution in [2.45, 2.75) is 19.4 Å². The molecule has 3 rings (SSSR count). The normalized spacial score (nSPS) is 11.6. The fraction of sp³-hybridized carbons (Fsp3) is 0.222. The molecule has 0 aliphatic carbocycles. The van der Waals surface area contributed by atoms with Crippen molar-refractivity contribution in [1.82, 2.24) is 9.78 Å². The summed E-state index contributed by atoms with van der Waals surface area (Å²) in [5.41, 5.74) is 7.56. The second-order valence-electron chi connectivity index (χ2n) is 5.95. The number of alkyl halides is 2. The van der Waals surface area contributed by atoms with E-state index in [1.165, 1.54) is 16.8 Å². The van der Waals surface area contributed by atoms with E-state index in [1.54, 1.807) is 12.1 Å². The minimum atomic E-state index is -2.73. The zero-order valence-electron chi connectivity index (χ0n) is 14.9. The first-order valence-corrected chi connectivity index (χ1v) is 7.96. The minimum absolute atomic E-state index is 0. The number of amides is 1. The minimum Gasteiger partial charge on any atom is -0.394 e. The number of rotatable bonds is 5. The molecule has 10 heteroatoms. The highest BCUT2D eigenvalue weighted by atomic mass is 35.5. The molecule has 1 aromatic heterocycles. The Morgan fingerprint density at radius 2 is 2.00 bits per heavy atom. The number of aliphatic hydroxyl groups is 1. The van der Waals surface area contributed by atoms with Crippen LogP contribution in [0, 0.1) is 6.92 Å². The lowest BCUT2D eigenvalue weighted by molar-refractivity contribution is -0.118. The van der Waals surface area contributed by atoms with Crippen LogP contribution in [0.5, 0.6) is 0 Å². The molecule has 0 saturated heterocycles. The van der Waals surface area contributed by atoms with Gasteiger partial charge < -0.3 is 16.2 Å². The van der Waals surface area contributed by atoms with Gasteiger partial charge in [0.25, 0.3) is 6.43 Å². The van der Waals surface area contributed by atoms with Crippen molar-refractivity contribution in [1.29, 1.82) is 0 Å². The van der Waals surface area contributed by atoms with Crippen LogP contribution in [0.3, 0.4) is 0 Å². The second-order valence-corrected chi connectivity index (χ2v) is 5.95. The second kappa shape index (κ2) is 9.83. The maximum atomic E-state index is 13.4. The molecule has 1 heterocycles. The van der Waals surface area contributed by atoms with Crippen LogP contribution in [0.2, 0.25) is 0 Å². The van der Waals surface area contributed by atoms with Crippen LogP contribution in [-0.2, 0) is 4.79 Å². The Labute approximate surface area is 173 Å². The van der Waals surface area contributed by atoms with Crippen molar-refractivity contribution >= 4 is 48.4 Å². The molecule has 0 radical (unpaired) electrons. The Morgan fingerprint density at radius 1 is 1.29 bits per heavy atom. The fourth-order valence-electron chi connectivity index (χ4n) is 2.65. The van der Waals surface area contributed by atoms with Gasteiger partial charge in [-0.2, -0.15) is 18.6 Å². The summed E-state index contributed by atoms with van der Waals surface area (Å²) >= 11 is 0. The number of hydrogen-bond acceptors (Lipinski definition) is 4. The zero-order valence-corrected chi connectivity index (χ0v) is 16.7. The Balaban J connectivity index is 0.00000196. The average Bonchev–Trinajstić information content (AvgIpc) is 3.00. The first-order valence-electron chi connectivity index (χ1n) is 7.96. The highest BCUT2D eigenvalue weighted by Gasteiger charge is 2.20. The van der Waals surface area contributed by atoms with Gasteiger partial charge in [0.15, 0.2) is 0 Å². The zero-order chi connectivity index (χ0) is 18.8. The number of hydrogen-bond donors (Lipinski definition) is 3. The topological polar surface area (TPSA) is 93.2 Å². The molecule has 152 valence electrons. The molecule has 0 spiro atoms. The predicted molar refractivity (Wildman–Crippen MR) is 112 cm³/mol. The van der Waals surface area contributed by atoms with E-state index in [9.17, 15) is 13.6 Å². The standard InChI is InChI=1S/C18H18F2N4O2.ClH.H2S/c1-10-3-2-4-12(7-10)24-15-8-11(22-18(26)14(21)9-25)5-6-13(15)16(23-24)17(19)20;;/h2-8,14,17,25H,9,21H2,1H3,(H,22,26);1H;1H2/t14-;;/m0../s1. The smallest absolute Gasteiger partial charge is 0.282 e. The van der Waals surface area contributed by atoms with Crippen LogP contribution in [0.15, 0.2) is 42.5 Å². The van der Waals surface area contributed by atoms with Crippen molar-refractivity contribution in [3.63, 3.8) is 0 Å². The molecule has 0 unspecified atom stereocenters. The summed E-state index contributed by atoms with van der Waals surface area (Å²) < 4.78 is 28.2. The molecule has 6 nitrogen and oxygen atoms in total. The van der Waals surface area contributed by atoms with Gasteiger partial charge in [0.05, 0.1) is 17.8 Å². The molecular formula is C18H21ClF2N4O2S. The number of nitrogens with one attached hydrogen (secondary N) is 1. The highest BCUT2D eigenvalue weighted by Crippen LogP contribution is 2.31. The third-order valence-electron chi connectivity index (χ3n) is 3.96. The quantitative estimate of drug-likeness (QED) is 0.580. The van der Waals surface area contributed by atoms with Gasteiger partial charge in [0.2, 0.25) is 5.91 Å². The maximum Gasteiger partial charge on any atom is 0.282 e. The van der Waals surface area contributed by atoms with Crippen LogP contribution < -0.4 is 11.1 Å². The molecule has 0 bridgehead atoms.